The van der Waals surface area contributed by atoms with Crippen LogP contribution >= 0.6 is 0 Å². The first-order valence-electron chi connectivity index (χ1n) is 4.84. The third-order valence-electron chi connectivity index (χ3n) is 2.79. The number of benzene rings is 1. The predicted molar refractivity (Wildman–Crippen MR) is 50.8 cm³/mol. The topological polar surface area (TPSA) is 26.0 Å². The van der Waals surface area contributed by atoms with Crippen LogP contribution in [0.2, 0.25) is 0 Å². The van der Waals surface area contributed by atoms with Crippen molar-refractivity contribution < 1.29 is 8.78 Å². The van der Waals surface area contributed by atoms with E-state index >= 15 is 0 Å². The molecule has 0 unspecified atom stereocenters. The van der Waals surface area contributed by atoms with E-state index in [1.54, 1.807) is 0 Å². The molecule has 1 aliphatic carbocycles. The second kappa shape index (κ2) is 3.65. The molecule has 3 heteroatoms. The first kappa shape index (κ1) is 9.59. The molecule has 0 aliphatic heterocycles. The molecule has 1 aromatic rings. The fourth-order valence-electron chi connectivity index (χ4n) is 1.96. The Labute approximate surface area is 81.9 Å². The molecule has 0 saturated heterocycles. The van der Waals surface area contributed by atoms with Crippen LogP contribution in [0.5, 0.6) is 0 Å². The Hall–Kier alpha value is -0.960. The van der Waals surface area contributed by atoms with Gasteiger partial charge in [0.2, 0.25) is 0 Å². The monoisotopic (exact) mass is 197 g/mol. The van der Waals surface area contributed by atoms with Gasteiger partial charge < -0.3 is 5.73 Å². The fourth-order valence-corrected chi connectivity index (χ4v) is 1.96. The van der Waals surface area contributed by atoms with Crippen LogP contribution in [0.15, 0.2) is 18.2 Å². The maximum absolute atomic E-state index is 13.2. The molecule has 1 aromatic carbocycles. The van der Waals surface area contributed by atoms with Gasteiger partial charge in [-0.3, -0.25) is 0 Å². The SMILES string of the molecule is NC1CC(Cc2cc(F)ccc2F)C1. The summed E-state index contributed by atoms with van der Waals surface area (Å²) in [6, 6.07) is 3.87. The summed E-state index contributed by atoms with van der Waals surface area (Å²) in [6.07, 6.45) is 2.46. The summed E-state index contributed by atoms with van der Waals surface area (Å²) in [5.74, 6) is -0.252. The van der Waals surface area contributed by atoms with E-state index < -0.39 is 0 Å². The van der Waals surface area contributed by atoms with Gasteiger partial charge in [-0.05, 0) is 48.9 Å². The van der Waals surface area contributed by atoms with Crippen molar-refractivity contribution in [3.63, 3.8) is 0 Å². The lowest BCUT2D eigenvalue weighted by Gasteiger charge is -2.32. The van der Waals surface area contributed by atoms with Gasteiger partial charge in [-0.15, -0.1) is 0 Å². The summed E-state index contributed by atoms with van der Waals surface area (Å²) in [4.78, 5) is 0. The Morgan fingerprint density at radius 1 is 1.29 bits per heavy atom. The van der Waals surface area contributed by atoms with Gasteiger partial charge in [-0.2, -0.15) is 0 Å². The Balaban J connectivity index is 2.05. The molecule has 1 nitrogen and oxygen atoms in total. The minimum absolute atomic E-state index is 0.261. The van der Waals surface area contributed by atoms with Crippen molar-refractivity contribution in [2.24, 2.45) is 11.7 Å². The van der Waals surface area contributed by atoms with Gasteiger partial charge in [-0.1, -0.05) is 0 Å². The van der Waals surface area contributed by atoms with Gasteiger partial charge in [-0.25, -0.2) is 8.78 Å². The quantitative estimate of drug-likeness (QED) is 0.773. The molecule has 14 heavy (non-hydrogen) atoms. The van der Waals surface area contributed by atoms with Crippen molar-refractivity contribution in [3.05, 3.63) is 35.4 Å². The zero-order valence-electron chi connectivity index (χ0n) is 7.84. The van der Waals surface area contributed by atoms with Crippen molar-refractivity contribution in [2.75, 3.05) is 0 Å². The standard InChI is InChI=1S/C11H13F2N/c12-9-1-2-11(13)8(6-9)3-7-4-10(14)5-7/h1-2,6-7,10H,3-5,14H2. The zero-order chi connectivity index (χ0) is 10.1. The third-order valence-corrected chi connectivity index (χ3v) is 2.79. The molecule has 0 spiro atoms. The molecule has 1 aliphatic rings. The van der Waals surface area contributed by atoms with Crippen LogP contribution in [-0.4, -0.2) is 6.04 Å². The molecule has 0 heterocycles. The van der Waals surface area contributed by atoms with E-state index in [1.807, 2.05) is 0 Å². The van der Waals surface area contributed by atoms with E-state index in [0.717, 1.165) is 18.9 Å². The number of halogens is 2. The molecule has 0 atom stereocenters. The maximum atomic E-state index is 13.2. The van der Waals surface area contributed by atoms with Crippen LogP contribution < -0.4 is 5.73 Å². The molecular weight excluding hydrogens is 184 g/mol. The molecule has 76 valence electrons. The molecule has 0 bridgehead atoms. The average Bonchev–Trinajstić information content (AvgIpc) is 2.09. The lowest BCUT2D eigenvalue weighted by atomic mass is 9.77. The summed E-state index contributed by atoms with van der Waals surface area (Å²) in [5, 5.41) is 0. The highest BCUT2D eigenvalue weighted by atomic mass is 19.1. The number of hydrogen-bond acceptors (Lipinski definition) is 1. The summed E-state index contributed by atoms with van der Waals surface area (Å²) < 4.78 is 26.0. The molecule has 0 radical (unpaired) electrons. The number of hydrogen-bond donors (Lipinski definition) is 1. The lowest BCUT2D eigenvalue weighted by molar-refractivity contribution is 0.262. The largest absolute Gasteiger partial charge is 0.328 e. The van der Waals surface area contributed by atoms with Gasteiger partial charge in [0.1, 0.15) is 11.6 Å². The molecule has 1 saturated carbocycles. The van der Waals surface area contributed by atoms with Gasteiger partial charge >= 0.3 is 0 Å². The lowest BCUT2D eigenvalue weighted by Crippen LogP contribution is -2.37. The van der Waals surface area contributed by atoms with Crippen LogP contribution in [0.25, 0.3) is 0 Å². The summed E-state index contributed by atoms with van der Waals surface area (Å²) in [6.45, 7) is 0. The highest BCUT2D eigenvalue weighted by molar-refractivity contribution is 5.19. The first-order chi connectivity index (χ1) is 6.65. The van der Waals surface area contributed by atoms with Crippen LogP contribution in [-0.2, 0) is 6.42 Å². The third kappa shape index (κ3) is 1.93. The van der Waals surface area contributed by atoms with E-state index in [0.29, 0.717) is 17.9 Å². The fraction of sp³-hybridized carbons (Fsp3) is 0.455. The molecule has 0 amide bonds. The van der Waals surface area contributed by atoms with Gasteiger partial charge in [0.25, 0.3) is 0 Å². The minimum atomic E-state index is -0.370. The van der Waals surface area contributed by atoms with Crippen molar-refractivity contribution in [3.8, 4) is 0 Å². The molecule has 1 fully saturated rings. The highest BCUT2D eigenvalue weighted by Gasteiger charge is 2.26. The van der Waals surface area contributed by atoms with Crippen molar-refractivity contribution in [1.29, 1.82) is 0 Å². The van der Waals surface area contributed by atoms with Crippen LogP contribution in [0.3, 0.4) is 0 Å². The minimum Gasteiger partial charge on any atom is -0.328 e. The normalized spacial score (nSPS) is 25.9. The van der Waals surface area contributed by atoms with E-state index in [9.17, 15) is 8.78 Å². The zero-order valence-corrected chi connectivity index (χ0v) is 7.84. The van der Waals surface area contributed by atoms with E-state index in [-0.39, 0.29) is 17.7 Å². The van der Waals surface area contributed by atoms with E-state index in [1.165, 1.54) is 12.1 Å². The van der Waals surface area contributed by atoms with Gasteiger partial charge in [0, 0.05) is 6.04 Å². The average molecular weight is 197 g/mol. The Morgan fingerprint density at radius 2 is 2.00 bits per heavy atom. The molecule has 2 N–H and O–H groups in total. The Morgan fingerprint density at radius 3 is 2.64 bits per heavy atom. The summed E-state index contributed by atoms with van der Waals surface area (Å²) in [5.41, 5.74) is 6.10. The second-order valence-corrected chi connectivity index (χ2v) is 4.04. The van der Waals surface area contributed by atoms with Crippen molar-refractivity contribution in [2.45, 2.75) is 25.3 Å². The van der Waals surface area contributed by atoms with Gasteiger partial charge in [0.05, 0.1) is 0 Å². The van der Waals surface area contributed by atoms with E-state index in [4.69, 9.17) is 5.73 Å². The van der Waals surface area contributed by atoms with Crippen LogP contribution in [0, 0.1) is 17.6 Å². The summed E-state index contributed by atoms with van der Waals surface area (Å²) in [7, 11) is 0. The molecule has 2 rings (SSSR count). The van der Waals surface area contributed by atoms with Crippen LogP contribution in [0.4, 0.5) is 8.78 Å². The second-order valence-electron chi connectivity index (χ2n) is 4.04. The maximum Gasteiger partial charge on any atom is 0.126 e. The highest BCUT2D eigenvalue weighted by Crippen LogP contribution is 2.29. The molecular formula is C11H13F2N. The van der Waals surface area contributed by atoms with E-state index in [2.05, 4.69) is 0 Å². The predicted octanol–water partition coefficient (Wildman–Crippen LogP) is 2.24. The van der Waals surface area contributed by atoms with Crippen molar-refractivity contribution >= 4 is 0 Å². The number of nitrogens with two attached hydrogens (primary N) is 1. The Bertz CT molecular complexity index is 332. The Kier molecular flexibility index (Phi) is 2.50. The number of rotatable bonds is 2. The van der Waals surface area contributed by atoms with Crippen molar-refractivity contribution in [1.82, 2.24) is 0 Å². The van der Waals surface area contributed by atoms with Gasteiger partial charge in [0.15, 0.2) is 0 Å². The summed E-state index contributed by atoms with van der Waals surface area (Å²) >= 11 is 0. The smallest absolute Gasteiger partial charge is 0.126 e. The first-order valence-corrected chi connectivity index (χ1v) is 4.84. The van der Waals surface area contributed by atoms with Crippen LogP contribution in [0.1, 0.15) is 18.4 Å². The molecule has 0 aromatic heterocycles.